The van der Waals surface area contributed by atoms with E-state index in [2.05, 4.69) is 43.4 Å². The molecule has 0 heterocycles. The van der Waals surface area contributed by atoms with E-state index >= 15 is 0 Å². The van der Waals surface area contributed by atoms with Crippen LogP contribution < -0.4 is 10.2 Å². The predicted octanol–water partition coefficient (Wildman–Crippen LogP) is 3.61. The predicted molar refractivity (Wildman–Crippen MR) is 97.0 cm³/mol. The van der Waals surface area contributed by atoms with Crippen molar-refractivity contribution in [3.05, 3.63) is 65.7 Å². The largest absolute Gasteiger partial charge is 0.365 e. The van der Waals surface area contributed by atoms with Crippen molar-refractivity contribution in [2.45, 2.75) is 26.2 Å². The molecule has 0 radical (unpaired) electrons. The zero-order chi connectivity index (χ0) is 16.7. The van der Waals surface area contributed by atoms with E-state index in [1.807, 2.05) is 42.3 Å². The fraction of sp³-hybridized carbons (Fsp3) is 0.350. The molecule has 2 aromatic rings. The summed E-state index contributed by atoms with van der Waals surface area (Å²) in [5.74, 6) is 0.604. The van der Waals surface area contributed by atoms with E-state index in [9.17, 15) is 4.79 Å². The minimum Gasteiger partial charge on any atom is -0.365 e. The molecule has 0 aromatic heterocycles. The van der Waals surface area contributed by atoms with E-state index < -0.39 is 0 Å². The summed E-state index contributed by atoms with van der Waals surface area (Å²) < 4.78 is 0. The maximum Gasteiger partial charge on any atom is 0.239 e. The van der Waals surface area contributed by atoms with Crippen LogP contribution in [0.15, 0.2) is 54.6 Å². The third-order valence-electron chi connectivity index (χ3n) is 3.96. The molecule has 0 saturated carbocycles. The monoisotopic (exact) mass is 310 g/mol. The number of hydrogen-bond acceptors (Lipinski definition) is 2. The van der Waals surface area contributed by atoms with Crippen molar-refractivity contribution < 1.29 is 4.79 Å². The van der Waals surface area contributed by atoms with Gasteiger partial charge in [-0.1, -0.05) is 56.3 Å². The highest BCUT2D eigenvalue weighted by atomic mass is 16.2. The van der Waals surface area contributed by atoms with Gasteiger partial charge in [0, 0.05) is 19.3 Å². The molecule has 0 aliphatic carbocycles. The summed E-state index contributed by atoms with van der Waals surface area (Å²) in [5, 5.41) is 2.99. The number of likely N-dealkylation sites (N-methyl/N-ethyl adjacent to an activating group) is 1. The van der Waals surface area contributed by atoms with E-state index in [-0.39, 0.29) is 5.91 Å². The molecule has 0 saturated heterocycles. The van der Waals surface area contributed by atoms with Gasteiger partial charge < -0.3 is 10.2 Å². The maximum absolute atomic E-state index is 12.0. The van der Waals surface area contributed by atoms with Gasteiger partial charge >= 0.3 is 0 Å². The zero-order valence-corrected chi connectivity index (χ0v) is 14.3. The van der Waals surface area contributed by atoms with Crippen molar-refractivity contribution >= 4 is 11.6 Å². The average molecular weight is 310 g/mol. The molecule has 0 bridgehead atoms. The van der Waals surface area contributed by atoms with Crippen molar-refractivity contribution in [2.75, 3.05) is 25.0 Å². The smallest absolute Gasteiger partial charge is 0.239 e. The topological polar surface area (TPSA) is 32.3 Å². The number of anilines is 1. The normalized spacial score (nSPS) is 10.6. The lowest BCUT2D eigenvalue weighted by Crippen LogP contribution is -2.36. The maximum atomic E-state index is 12.0. The SMILES string of the molecule is CC(C)c1ccc(CCNC(=O)CN(C)c2ccccc2)cc1. The van der Waals surface area contributed by atoms with Crippen molar-refractivity contribution in [1.29, 1.82) is 0 Å². The standard InChI is InChI=1S/C20H26N2O/c1-16(2)18-11-9-17(10-12-18)13-14-21-20(23)15-22(3)19-7-5-4-6-8-19/h4-12,16H,13-15H2,1-3H3,(H,21,23). The Morgan fingerprint density at radius 2 is 1.70 bits per heavy atom. The number of amides is 1. The summed E-state index contributed by atoms with van der Waals surface area (Å²) >= 11 is 0. The van der Waals surface area contributed by atoms with E-state index in [1.54, 1.807) is 0 Å². The van der Waals surface area contributed by atoms with Gasteiger partial charge in [-0.25, -0.2) is 0 Å². The Balaban J connectivity index is 1.74. The third-order valence-corrected chi connectivity index (χ3v) is 3.96. The van der Waals surface area contributed by atoms with Gasteiger partial charge in [-0.2, -0.15) is 0 Å². The Kier molecular flexibility index (Phi) is 6.21. The van der Waals surface area contributed by atoms with Crippen LogP contribution in [-0.2, 0) is 11.2 Å². The van der Waals surface area contributed by atoms with Crippen molar-refractivity contribution in [3.63, 3.8) is 0 Å². The summed E-state index contributed by atoms with van der Waals surface area (Å²) in [5.41, 5.74) is 3.65. The first kappa shape index (κ1) is 17.1. The molecule has 3 nitrogen and oxygen atoms in total. The molecule has 3 heteroatoms. The number of hydrogen-bond donors (Lipinski definition) is 1. The highest BCUT2D eigenvalue weighted by Gasteiger charge is 2.06. The zero-order valence-electron chi connectivity index (χ0n) is 14.3. The highest BCUT2D eigenvalue weighted by Crippen LogP contribution is 2.14. The van der Waals surface area contributed by atoms with Gasteiger partial charge in [0.2, 0.25) is 5.91 Å². The molecule has 0 unspecified atom stereocenters. The van der Waals surface area contributed by atoms with Crippen LogP contribution in [0, 0.1) is 0 Å². The van der Waals surface area contributed by atoms with E-state index in [0.29, 0.717) is 19.0 Å². The Hall–Kier alpha value is -2.29. The Bertz CT molecular complexity index is 605. The molecule has 23 heavy (non-hydrogen) atoms. The second-order valence-corrected chi connectivity index (χ2v) is 6.19. The molecule has 0 aliphatic heterocycles. The first-order chi connectivity index (χ1) is 11.1. The van der Waals surface area contributed by atoms with Gasteiger partial charge in [0.25, 0.3) is 0 Å². The van der Waals surface area contributed by atoms with Gasteiger partial charge in [0.15, 0.2) is 0 Å². The lowest BCUT2D eigenvalue weighted by molar-refractivity contribution is -0.119. The summed E-state index contributed by atoms with van der Waals surface area (Å²) in [4.78, 5) is 14.0. The quantitative estimate of drug-likeness (QED) is 0.847. The molecule has 0 aliphatic rings. The molecular weight excluding hydrogens is 284 g/mol. The van der Waals surface area contributed by atoms with E-state index in [4.69, 9.17) is 0 Å². The first-order valence-electron chi connectivity index (χ1n) is 8.18. The van der Waals surface area contributed by atoms with Crippen molar-refractivity contribution in [3.8, 4) is 0 Å². The molecule has 2 aromatic carbocycles. The molecule has 1 amide bonds. The van der Waals surface area contributed by atoms with Crippen molar-refractivity contribution in [2.24, 2.45) is 0 Å². The van der Waals surface area contributed by atoms with Crippen LogP contribution in [0.5, 0.6) is 0 Å². The molecule has 0 fully saturated rings. The Morgan fingerprint density at radius 3 is 2.30 bits per heavy atom. The van der Waals surface area contributed by atoms with E-state index in [1.165, 1.54) is 11.1 Å². The van der Waals surface area contributed by atoms with Crippen molar-refractivity contribution in [1.82, 2.24) is 5.32 Å². The fourth-order valence-corrected chi connectivity index (χ4v) is 2.46. The number of para-hydroxylation sites is 1. The van der Waals surface area contributed by atoms with Gasteiger partial charge in [0.1, 0.15) is 0 Å². The Morgan fingerprint density at radius 1 is 1.04 bits per heavy atom. The number of rotatable bonds is 7. The molecule has 2 rings (SSSR count). The second kappa shape index (κ2) is 8.37. The Labute approximate surface area is 139 Å². The number of carbonyl (C=O) groups excluding carboxylic acids is 1. The van der Waals surface area contributed by atoms with Crippen LogP contribution in [-0.4, -0.2) is 26.0 Å². The average Bonchev–Trinajstić information content (AvgIpc) is 2.56. The minimum atomic E-state index is 0.0511. The van der Waals surface area contributed by atoms with Gasteiger partial charge in [-0.05, 0) is 35.6 Å². The summed E-state index contributed by atoms with van der Waals surface area (Å²) in [7, 11) is 1.93. The molecule has 0 atom stereocenters. The fourth-order valence-electron chi connectivity index (χ4n) is 2.46. The van der Waals surface area contributed by atoms with Crippen LogP contribution >= 0.6 is 0 Å². The van der Waals surface area contributed by atoms with Gasteiger partial charge in [-0.3, -0.25) is 4.79 Å². The molecule has 122 valence electrons. The van der Waals surface area contributed by atoms with Crippen LogP contribution in [0.1, 0.15) is 30.9 Å². The summed E-state index contributed by atoms with van der Waals surface area (Å²) in [6.45, 7) is 5.43. The summed E-state index contributed by atoms with van der Waals surface area (Å²) in [6, 6.07) is 18.6. The van der Waals surface area contributed by atoms with Gasteiger partial charge in [0.05, 0.1) is 6.54 Å². The second-order valence-electron chi connectivity index (χ2n) is 6.19. The lowest BCUT2D eigenvalue weighted by atomic mass is 10.0. The number of benzene rings is 2. The minimum absolute atomic E-state index is 0.0511. The molecule has 1 N–H and O–H groups in total. The van der Waals surface area contributed by atoms with Crippen LogP contribution in [0.4, 0.5) is 5.69 Å². The van der Waals surface area contributed by atoms with Gasteiger partial charge in [-0.15, -0.1) is 0 Å². The number of nitrogens with one attached hydrogen (secondary N) is 1. The highest BCUT2D eigenvalue weighted by molar-refractivity contribution is 5.81. The summed E-state index contributed by atoms with van der Waals surface area (Å²) in [6.07, 6.45) is 0.860. The van der Waals surface area contributed by atoms with E-state index in [0.717, 1.165) is 12.1 Å². The van der Waals surface area contributed by atoms with Crippen LogP contribution in [0.25, 0.3) is 0 Å². The number of nitrogens with zero attached hydrogens (tertiary/aromatic N) is 1. The third kappa shape index (κ3) is 5.44. The van der Waals surface area contributed by atoms with Crippen LogP contribution in [0.2, 0.25) is 0 Å². The first-order valence-corrected chi connectivity index (χ1v) is 8.18. The number of carbonyl (C=O) groups is 1. The molecular formula is C20H26N2O. The van der Waals surface area contributed by atoms with Crippen LogP contribution in [0.3, 0.4) is 0 Å². The molecule has 0 spiro atoms. The lowest BCUT2D eigenvalue weighted by Gasteiger charge is -2.18.